The van der Waals surface area contributed by atoms with Gasteiger partial charge < -0.3 is 10.2 Å². The van der Waals surface area contributed by atoms with Crippen molar-refractivity contribution in [2.75, 3.05) is 13.1 Å². The molecule has 0 unspecified atom stereocenters. The van der Waals surface area contributed by atoms with E-state index in [-0.39, 0.29) is 11.9 Å². The third-order valence-corrected chi connectivity index (χ3v) is 4.10. The Bertz CT molecular complexity index is 305. The van der Waals surface area contributed by atoms with Crippen LogP contribution in [-0.2, 0) is 9.59 Å². The maximum absolute atomic E-state index is 12.1. The number of piperidine rings is 1. The highest BCUT2D eigenvalue weighted by atomic mass is 16.2. The van der Waals surface area contributed by atoms with Crippen LogP contribution in [0.15, 0.2) is 0 Å². The molecule has 1 N–H and O–H groups in total. The van der Waals surface area contributed by atoms with Crippen LogP contribution in [0.3, 0.4) is 0 Å². The van der Waals surface area contributed by atoms with Gasteiger partial charge in [-0.3, -0.25) is 9.59 Å². The minimum Gasteiger partial charge on any atom is -0.353 e. The van der Waals surface area contributed by atoms with E-state index in [4.69, 9.17) is 0 Å². The van der Waals surface area contributed by atoms with Gasteiger partial charge in [-0.15, -0.1) is 0 Å². The number of hydrogen-bond acceptors (Lipinski definition) is 2. The summed E-state index contributed by atoms with van der Waals surface area (Å²) in [5.41, 5.74) is 0. The number of carbonyl (C=O) groups is 2. The zero-order chi connectivity index (χ0) is 13.0. The Kier molecular flexibility index (Phi) is 4.61. The molecule has 4 heteroatoms. The average molecular weight is 252 g/mol. The van der Waals surface area contributed by atoms with Crippen molar-refractivity contribution in [1.82, 2.24) is 10.2 Å². The van der Waals surface area contributed by atoms with Crippen LogP contribution in [0.2, 0.25) is 0 Å². The molecule has 1 aliphatic heterocycles. The third kappa shape index (κ3) is 3.24. The molecule has 2 aliphatic rings. The van der Waals surface area contributed by atoms with Gasteiger partial charge in [0, 0.05) is 31.5 Å². The summed E-state index contributed by atoms with van der Waals surface area (Å²) in [6, 6.07) is 0.273. The number of likely N-dealkylation sites (tertiary alicyclic amines) is 1. The molecule has 2 fully saturated rings. The van der Waals surface area contributed by atoms with Gasteiger partial charge in [0.15, 0.2) is 0 Å². The Morgan fingerprint density at radius 1 is 1.17 bits per heavy atom. The standard InChI is InChI=1S/C14H24N2O2/c1-2-4-13(17)15-12-7-9-16(10-8-12)14(18)11-5-3-6-11/h11-12H,2-10H2,1H3,(H,15,17). The van der Waals surface area contributed by atoms with Crippen LogP contribution < -0.4 is 5.32 Å². The summed E-state index contributed by atoms with van der Waals surface area (Å²) in [5, 5.41) is 3.06. The minimum absolute atomic E-state index is 0.154. The van der Waals surface area contributed by atoms with Gasteiger partial charge in [0.05, 0.1) is 0 Å². The van der Waals surface area contributed by atoms with E-state index >= 15 is 0 Å². The molecule has 1 saturated heterocycles. The first-order valence-corrected chi connectivity index (χ1v) is 7.29. The molecular formula is C14H24N2O2. The van der Waals surface area contributed by atoms with Crippen molar-refractivity contribution in [1.29, 1.82) is 0 Å². The van der Waals surface area contributed by atoms with E-state index in [2.05, 4.69) is 5.32 Å². The van der Waals surface area contributed by atoms with Gasteiger partial charge in [0.1, 0.15) is 0 Å². The summed E-state index contributed by atoms with van der Waals surface area (Å²) in [6.45, 7) is 3.64. The predicted octanol–water partition coefficient (Wildman–Crippen LogP) is 1.69. The van der Waals surface area contributed by atoms with Gasteiger partial charge in [-0.25, -0.2) is 0 Å². The van der Waals surface area contributed by atoms with Crippen LogP contribution >= 0.6 is 0 Å². The fourth-order valence-corrected chi connectivity index (χ4v) is 2.68. The van der Waals surface area contributed by atoms with E-state index < -0.39 is 0 Å². The lowest BCUT2D eigenvalue weighted by Gasteiger charge is -2.36. The molecule has 4 nitrogen and oxygen atoms in total. The Hall–Kier alpha value is -1.06. The summed E-state index contributed by atoms with van der Waals surface area (Å²) in [4.78, 5) is 25.5. The average Bonchev–Trinajstić information content (AvgIpc) is 2.27. The Balaban J connectivity index is 1.70. The largest absolute Gasteiger partial charge is 0.353 e. The van der Waals surface area contributed by atoms with Gasteiger partial charge in [0.25, 0.3) is 0 Å². The van der Waals surface area contributed by atoms with Crippen molar-refractivity contribution in [3.05, 3.63) is 0 Å². The fourth-order valence-electron chi connectivity index (χ4n) is 2.68. The summed E-state index contributed by atoms with van der Waals surface area (Å²) in [5.74, 6) is 0.803. The van der Waals surface area contributed by atoms with Crippen molar-refractivity contribution in [2.45, 2.75) is 57.9 Å². The second-order valence-electron chi connectivity index (χ2n) is 5.54. The van der Waals surface area contributed by atoms with Crippen LogP contribution in [0, 0.1) is 5.92 Å². The Labute approximate surface area is 109 Å². The Morgan fingerprint density at radius 2 is 1.83 bits per heavy atom. The number of rotatable bonds is 4. The van der Waals surface area contributed by atoms with E-state index in [1.807, 2.05) is 11.8 Å². The minimum atomic E-state index is 0.154. The van der Waals surface area contributed by atoms with Crippen LogP contribution in [0.25, 0.3) is 0 Å². The predicted molar refractivity (Wildman–Crippen MR) is 70.0 cm³/mol. The molecule has 1 aliphatic carbocycles. The lowest BCUT2D eigenvalue weighted by molar-refractivity contribution is -0.139. The summed E-state index contributed by atoms with van der Waals surface area (Å²) >= 11 is 0. The van der Waals surface area contributed by atoms with Gasteiger partial charge in [-0.05, 0) is 32.1 Å². The number of nitrogens with zero attached hydrogens (tertiary/aromatic N) is 1. The maximum atomic E-state index is 12.1. The van der Waals surface area contributed by atoms with Gasteiger partial charge in [-0.2, -0.15) is 0 Å². The van der Waals surface area contributed by atoms with E-state index in [0.717, 1.165) is 45.2 Å². The molecule has 0 bridgehead atoms. The highest BCUT2D eigenvalue weighted by molar-refractivity contribution is 5.80. The topological polar surface area (TPSA) is 49.4 Å². The zero-order valence-electron chi connectivity index (χ0n) is 11.3. The van der Waals surface area contributed by atoms with E-state index in [1.165, 1.54) is 6.42 Å². The highest BCUT2D eigenvalue weighted by Gasteiger charge is 2.31. The quantitative estimate of drug-likeness (QED) is 0.828. The monoisotopic (exact) mass is 252 g/mol. The van der Waals surface area contributed by atoms with Crippen molar-refractivity contribution in [2.24, 2.45) is 5.92 Å². The first-order chi connectivity index (χ1) is 8.70. The number of hydrogen-bond donors (Lipinski definition) is 1. The lowest BCUT2D eigenvalue weighted by Crippen LogP contribution is -2.48. The first-order valence-electron chi connectivity index (χ1n) is 7.29. The summed E-state index contributed by atoms with van der Waals surface area (Å²) < 4.78 is 0. The van der Waals surface area contributed by atoms with Crippen LogP contribution in [0.4, 0.5) is 0 Å². The summed E-state index contributed by atoms with van der Waals surface area (Å²) in [6.07, 6.45) is 6.69. The van der Waals surface area contributed by atoms with Crippen molar-refractivity contribution in [3.63, 3.8) is 0 Å². The van der Waals surface area contributed by atoms with Crippen molar-refractivity contribution < 1.29 is 9.59 Å². The number of amides is 2. The van der Waals surface area contributed by atoms with Crippen LogP contribution in [0.1, 0.15) is 51.9 Å². The zero-order valence-corrected chi connectivity index (χ0v) is 11.3. The number of carbonyl (C=O) groups excluding carboxylic acids is 2. The fraction of sp³-hybridized carbons (Fsp3) is 0.857. The van der Waals surface area contributed by atoms with E-state index in [9.17, 15) is 9.59 Å². The molecule has 0 radical (unpaired) electrons. The molecule has 1 saturated carbocycles. The molecule has 2 amide bonds. The van der Waals surface area contributed by atoms with Crippen LogP contribution in [-0.4, -0.2) is 35.8 Å². The molecule has 0 aromatic rings. The molecule has 102 valence electrons. The smallest absolute Gasteiger partial charge is 0.225 e. The third-order valence-electron chi connectivity index (χ3n) is 4.10. The number of nitrogens with one attached hydrogen (secondary N) is 1. The molecule has 1 heterocycles. The molecular weight excluding hydrogens is 228 g/mol. The lowest BCUT2D eigenvalue weighted by atomic mass is 9.84. The summed E-state index contributed by atoms with van der Waals surface area (Å²) in [7, 11) is 0. The second kappa shape index (κ2) is 6.21. The molecule has 0 aromatic heterocycles. The van der Waals surface area contributed by atoms with Gasteiger partial charge in [-0.1, -0.05) is 13.3 Å². The van der Waals surface area contributed by atoms with E-state index in [1.54, 1.807) is 0 Å². The molecule has 0 atom stereocenters. The normalized spacial score (nSPS) is 21.5. The Morgan fingerprint density at radius 3 is 2.33 bits per heavy atom. The van der Waals surface area contributed by atoms with E-state index in [0.29, 0.717) is 18.2 Å². The second-order valence-corrected chi connectivity index (χ2v) is 5.54. The van der Waals surface area contributed by atoms with Crippen molar-refractivity contribution in [3.8, 4) is 0 Å². The van der Waals surface area contributed by atoms with Gasteiger partial charge >= 0.3 is 0 Å². The SMILES string of the molecule is CCCC(=O)NC1CCN(C(=O)C2CCC2)CC1. The van der Waals surface area contributed by atoms with Crippen LogP contribution in [0.5, 0.6) is 0 Å². The molecule has 0 spiro atoms. The maximum Gasteiger partial charge on any atom is 0.225 e. The highest BCUT2D eigenvalue weighted by Crippen LogP contribution is 2.29. The van der Waals surface area contributed by atoms with Gasteiger partial charge in [0.2, 0.25) is 11.8 Å². The van der Waals surface area contributed by atoms with Crippen molar-refractivity contribution >= 4 is 11.8 Å². The molecule has 0 aromatic carbocycles. The first kappa shape index (κ1) is 13.4. The molecule has 18 heavy (non-hydrogen) atoms. The molecule has 2 rings (SSSR count).